The fourth-order valence-electron chi connectivity index (χ4n) is 0.907. The van der Waals surface area contributed by atoms with Crippen molar-refractivity contribution in [3.8, 4) is 0 Å². The van der Waals surface area contributed by atoms with Crippen LogP contribution in [0, 0.1) is 0 Å². The van der Waals surface area contributed by atoms with Crippen molar-refractivity contribution in [1.82, 2.24) is 5.43 Å². The first kappa shape index (κ1) is 11.7. The number of halogens is 2. The number of guanidine groups is 1. The highest BCUT2D eigenvalue weighted by atomic mass is 32.2. The van der Waals surface area contributed by atoms with E-state index in [9.17, 15) is 8.78 Å². The summed E-state index contributed by atoms with van der Waals surface area (Å²) in [6.07, 6.45) is 0. The van der Waals surface area contributed by atoms with Crippen LogP contribution in [0.1, 0.15) is 0 Å². The van der Waals surface area contributed by atoms with Crippen LogP contribution < -0.4 is 17.0 Å². The molecule has 0 amide bonds. The number of thioether (sulfide) groups is 1. The van der Waals surface area contributed by atoms with Crippen molar-refractivity contribution in [2.45, 2.75) is 10.7 Å². The number of hydrogen-bond donors (Lipinski definition) is 3. The van der Waals surface area contributed by atoms with Crippen molar-refractivity contribution in [2.24, 2.45) is 16.6 Å². The van der Waals surface area contributed by atoms with Crippen molar-refractivity contribution >= 4 is 23.4 Å². The number of aliphatic imine (C=N–C) groups is 1. The molecule has 7 heteroatoms. The number of nitrogens with two attached hydrogens (primary N) is 2. The maximum Gasteiger partial charge on any atom is 0.288 e. The standard InChI is InChI=1S/C8H10F2N4S/c9-7(10)15-6-4-2-1-3-5(6)13-8(11)14-12/h1-4,7H,12H2,(H3,11,13,14). The highest BCUT2D eigenvalue weighted by Gasteiger charge is 2.08. The smallest absolute Gasteiger partial charge is 0.288 e. The minimum Gasteiger partial charge on any atom is -0.369 e. The van der Waals surface area contributed by atoms with E-state index in [1.54, 1.807) is 24.3 Å². The van der Waals surface area contributed by atoms with Gasteiger partial charge in [-0.2, -0.15) is 8.78 Å². The van der Waals surface area contributed by atoms with Gasteiger partial charge in [-0.3, -0.25) is 5.43 Å². The minimum absolute atomic E-state index is 0.0303. The maximum absolute atomic E-state index is 12.2. The number of para-hydroxylation sites is 1. The van der Waals surface area contributed by atoms with Crippen molar-refractivity contribution in [3.05, 3.63) is 24.3 Å². The van der Waals surface area contributed by atoms with Crippen molar-refractivity contribution in [3.63, 3.8) is 0 Å². The maximum atomic E-state index is 12.2. The Morgan fingerprint density at radius 2 is 2.07 bits per heavy atom. The number of benzene rings is 1. The molecular weight excluding hydrogens is 222 g/mol. The van der Waals surface area contributed by atoms with E-state index in [1.165, 1.54) is 0 Å². The monoisotopic (exact) mass is 232 g/mol. The summed E-state index contributed by atoms with van der Waals surface area (Å²) in [5.41, 5.74) is 7.81. The topological polar surface area (TPSA) is 76.4 Å². The first-order valence-electron chi connectivity index (χ1n) is 3.98. The Morgan fingerprint density at radius 3 is 2.67 bits per heavy atom. The number of hydrogen-bond acceptors (Lipinski definition) is 3. The Bertz CT molecular complexity index is 356. The van der Waals surface area contributed by atoms with Gasteiger partial charge in [0.1, 0.15) is 0 Å². The second-order valence-electron chi connectivity index (χ2n) is 2.49. The van der Waals surface area contributed by atoms with Crippen LogP contribution in [-0.4, -0.2) is 11.7 Å². The van der Waals surface area contributed by atoms with E-state index < -0.39 is 5.76 Å². The average molecular weight is 232 g/mol. The van der Waals surface area contributed by atoms with E-state index in [1.807, 2.05) is 0 Å². The predicted molar refractivity (Wildman–Crippen MR) is 56.9 cm³/mol. The van der Waals surface area contributed by atoms with Gasteiger partial charge < -0.3 is 5.73 Å². The van der Waals surface area contributed by atoms with Crippen LogP contribution in [-0.2, 0) is 0 Å². The van der Waals surface area contributed by atoms with E-state index in [0.717, 1.165) is 0 Å². The molecule has 0 fully saturated rings. The molecule has 0 saturated carbocycles. The zero-order valence-electron chi connectivity index (χ0n) is 7.65. The largest absolute Gasteiger partial charge is 0.369 e. The van der Waals surface area contributed by atoms with Crippen LogP contribution in [0.3, 0.4) is 0 Å². The van der Waals surface area contributed by atoms with Gasteiger partial charge in [-0.1, -0.05) is 23.9 Å². The summed E-state index contributed by atoms with van der Waals surface area (Å²) < 4.78 is 24.3. The van der Waals surface area contributed by atoms with Crippen LogP contribution in [0.2, 0.25) is 0 Å². The van der Waals surface area contributed by atoms with Gasteiger partial charge >= 0.3 is 0 Å². The molecule has 0 spiro atoms. The summed E-state index contributed by atoms with van der Waals surface area (Å²) >= 11 is 0.413. The van der Waals surface area contributed by atoms with E-state index in [0.29, 0.717) is 22.3 Å². The Kier molecular flexibility index (Phi) is 4.32. The lowest BCUT2D eigenvalue weighted by Gasteiger charge is -2.05. The van der Waals surface area contributed by atoms with Gasteiger partial charge in [-0.25, -0.2) is 10.8 Å². The van der Waals surface area contributed by atoms with Gasteiger partial charge in [0.25, 0.3) is 5.76 Å². The molecule has 0 heterocycles. The first-order chi connectivity index (χ1) is 7.13. The molecule has 0 radical (unpaired) electrons. The normalized spacial score (nSPS) is 11.9. The summed E-state index contributed by atoms with van der Waals surface area (Å²) in [5.74, 6) is 2.49. The summed E-state index contributed by atoms with van der Waals surface area (Å²) in [5, 5.41) is 0. The molecule has 1 aromatic rings. The molecule has 0 aliphatic heterocycles. The third-order valence-corrected chi connectivity index (χ3v) is 2.25. The molecule has 15 heavy (non-hydrogen) atoms. The molecular formula is C8H10F2N4S. The quantitative estimate of drug-likeness (QED) is 0.242. The molecule has 0 aliphatic rings. The molecule has 82 valence electrons. The molecule has 0 atom stereocenters. The van der Waals surface area contributed by atoms with Gasteiger partial charge in [0.2, 0.25) is 5.96 Å². The van der Waals surface area contributed by atoms with E-state index in [-0.39, 0.29) is 5.96 Å². The molecule has 4 nitrogen and oxygen atoms in total. The van der Waals surface area contributed by atoms with Gasteiger partial charge in [-0.15, -0.1) is 0 Å². The van der Waals surface area contributed by atoms with Gasteiger partial charge in [0, 0.05) is 4.90 Å². The zero-order valence-corrected chi connectivity index (χ0v) is 8.47. The third-order valence-electron chi connectivity index (χ3n) is 1.47. The van der Waals surface area contributed by atoms with Crippen molar-refractivity contribution < 1.29 is 8.78 Å². The molecule has 0 bridgehead atoms. The number of nitrogens with zero attached hydrogens (tertiary/aromatic N) is 1. The lowest BCUT2D eigenvalue weighted by Crippen LogP contribution is -2.36. The zero-order chi connectivity index (χ0) is 11.3. The average Bonchev–Trinajstić information content (AvgIpc) is 2.20. The van der Waals surface area contributed by atoms with Gasteiger partial charge in [0.15, 0.2) is 0 Å². The molecule has 1 aromatic carbocycles. The van der Waals surface area contributed by atoms with Crippen LogP contribution in [0.5, 0.6) is 0 Å². The number of alkyl halides is 2. The molecule has 0 aliphatic carbocycles. The van der Waals surface area contributed by atoms with Crippen molar-refractivity contribution in [2.75, 3.05) is 0 Å². The highest BCUT2D eigenvalue weighted by molar-refractivity contribution is 7.99. The molecule has 0 unspecified atom stereocenters. The first-order valence-corrected chi connectivity index (χ1v) is 4.86. The molecule has 0 aromatic heterocycles. The lowest BCUT2D eigenvalue weighted by molar-refractivity contribution is 0.252. The highest BCUT2D eigenvalue weighted by Crippen LogP contribution is 2.33. The third kappa shape index (κ3) is 3.72. The number of rotatable bonds is 3. The second-order valence-corrected chi connectivity index (χ2v) is 3.52. The van der Waals surface area contributed by atoms with Gasteiger partial charge in [-0.05, 0) is 12.1 Å². The van der Waals surface area contributed by atoms with Crippen LogP contribution in [0.15, 0.2) is 34.2 Å². The Hall–Kier alpha value is -1.34. The lowest BCUT2D eigenvalue weighted by atomic mass is 10.3. The SMILES string of the molecule is NNC(N)=Nc1ccccc1SC(F)F. The van der Waals surface area contributed by atoms with E-state index in [4.69, 9.17) is 11.6 Å². The van der Waals surface area contributed by atoms with Crippen LogP contribution >= 0.6 is 11.8 Å². The van der Waals surface area contributed by atoms with Crippen LogP contribution in [0.4, 0.5) is 14.5 Å². The Labute approximate surface area is 89.7 Å². The van der Waals surface area contributed by atoms with Crippen molar-refractivity contribution in [1.29, 1.82) is 0 Å². The second kappa shape index (κ2) is 5.52. The molecule has 1 rings (SSSR count). The fraction of sp³-hybridized carbons (Fsp3) is 0.125. The summed E-state index contributed by atoms with van der Waals surface area (Å²) in [7, 11) is 0. The number of hydrazine groups is 1. The minimum atomic E-state index is -2.49. The van der Waals surface area contributed by atoms with E-state index in [2.05, 4.69) is 10.4 Å². The molecule has 5 N–H and O–H groups in total. The Morgan fingerprint density at radius 1 is 1.40 bits per heavy atom. The summed E-state index contributed by atoms with van der Waals surface area (Å²) in [6.45, 7) is 0. The number of nitrogens with one attached hydrogen (secondary N) is 1. The summed E-state index contributed by atoms with van der Waals surface area (Å²) in [4.78, 5) is 4.19. The van der Waals surface area contributed by atoms with Crippen LogP contribution in [0.25, 0.3) is 0 Å². The fourth-order valence-corrected chi connectivity index (χ4v) is 1.49. The van der Waals surface area contributed by atoms with E-state index >= 15 is 0 Å². The summed E-state index contributed by atoms with van der Waals surface area (Å²) in [6, 6.07) is 6.45. The predicted octanol–water partition coefficient (Wildman–Crippen LogP) is 1.41. The Balaban J connectivity index is 2.96. The van der Waals surface area contributed by atoms with Gasteiger partial charge in [0.05, 0.1) is 5.69 Å². The molecule has 0 saturated heterocycles.